The molecule has 1 aliphatic rings. The number of aryl methyl sites for hydroxylation is 2. The van der Waals surface area contributed by atoms with E-state index >= 15 is 0 Å². The molecule has 0 aliphatic heterocycles. The first-order chi connectivity index (χ1) is 6.63. The molecule has 2 N–H and O–H groups in total. The van der Waals surface area contributed by atoms with Crippen LogP contribution in [0.2, 0.25) is 0 Å². The van der Waals surface area contributed by atoms with Crippen molar-refractivity contribution in [3.63, 3.8) is 0 Å². The van der Waals surface area contributed by atoms with Gasteiger partial charge in [-0.15, -0.1) is 0 Å². The highest BCUT2D eigenvalue weighted by atomic mass is 16.5. The summed E-state index contributed by atoms with van der Waals surface area (Å²) in [5.41, 5.74) is 8.21. The average Bonchev–Trinajstić information content (AvgIpc) is 1.99. The smallest absolute Gasteiger partial charge is 0.120 e. The van der Waals surface area contributed by atoms with E-state index in [1.807, 2.05) is 0 Å². The topological polar surface area (TPSA) is 35.2 Å². The van der Waals surface area contributed by atoms with E-state index in [1.54, 1.807) is 0 Å². The summed E-state index contributed by atoms with van der Waals surface area (Å²) in [6, 6.07) is 6.67. The van der Waals surface area contributed by atoms with Crippen molar-refractivity contribution in [3.05, 3.63) is 29.3 Å². The lowest BCUT2D eigenvalue weighted by atomic mass is 9.90. The molecule has 0 spiro atoms. The number of benzene rings is 1. The van der Waals surface area contributed by atoms with Gasteiger partial charge in [0, 0.05) is 6.04 Å². The van der Waals surface area contributed by atoms with Crippen LogP contribution < -0.4 is 10.5 Å². The molecular formula is C12H17NO. The Balaban J connectivity index is 2.02. The van der Waals surface area contributed by atoms with Crippen molar-refractivity contribution >= 4 is 0 Å². The third-order valence-electron chi connectivity index (χ3n) is 2.63. The maximum atomic E-state index is 5.80. The summed E-state index contributed by atoms with van der Waals surface area (Å²) in [6.07, 6.45) is 2.33. The highest BCUT2D eigenvalue weighted by Gasteiger charge is 2.27. The second-order valence-corrected chi connectivity index (χ2v) is 4.29. The van der Waals surface area contributed by atoms with Crippen LogP contribution in [0.3, 0.4) is 0 Å². The molecule has 0 heterocycles. The van der Waals surface area contributed by atoms with E-state index in [9.17, 15) is 0 Å². The largest absolute Gasteiger partial charge is 0.490 e. The van der Waals surface area contributed by atoms with Crippen LogP contribution in [0.15, 0.2) is 18.2 Å². The Morgan fingerprint density at radius 2 is 1.71 bits per heavy atom. The molecule has 0 unspecified atom stereocenters. The lowest BCUT2D eigenvalue weighted by Gasteiger charge is -2.32. The summed E-state index contributed by atoms with van der Waals surface area (Å²) in [4.78, 5) is 0. The summed E-state index contributed by atoms with van der Waals surface area (Å²) in [6.45, 7) is 4.18. The molecule has 2 heteroatoms. The van der Waals surface area contributed by atoms with Gasteiger partial charge >= 0.3 is 0 Å². The maximum absolute atomic E-state index is 5.80. The molecule has 0 radical (unpaired) electrons. The number of ether oxygens (including phenoxy) is 1. The van der Waals surface area contributed by atoms with E-state index in [0.717, 1.165) is 18.6 Å². The number of nitrogens with two attached hydrogens (primary N) is 1. The van der Waals surface area contributed by atoms with Gasteiger partial charge in [-0.25, -0.2) is 0 Å². The summed E-state index contributed by atoms with van der Waals surface area (Å²) in [5, 5.41) is 0. The molecule has 0 amide bonds. The van der Waals surface area contributed by atoms with E-state index in [2.05, 4.69) is 32.0 Å². The van der Waals surface area contributed by atoms with Crippen molar-refractivity contribution in [2.24, 2.45) is 5.73 Å². The van der Waals surface area contributed by atoms with Gasteiger partial charge in [0.15, 0.2) is 0 Å². The summed E-state index contributed by atoms with van der Waals surface area (Å²) in [7, 11) is 0. The van der Waals surface area contributed by atoms with E-state index in [1.165, 1.54) is 11.1 Å². The molecule has 0 aromatic heterocycles. The Morgan fingerprint density at radius 1 is 1.14 bits per heavy atom. The van der Waals surface area contributed by atoms with Gasteiger partial charge in [-0.05, 0) is 49.9 Å². The number of hydrogen-bond acceptors (Lipinski definition) is 2. The van der Waals surface area contributed by atoms with Gasteiger partial charge in [-0.1, -0.05) is 6.07 Å². The zero-order valence-corrected chi connectivity index (χ0v) is 8.79. The first kappa shape index (κ1) is 9.53. The minimum atomic E-state index is 0.339. The van der Waals surface area contributed by atoms with E-state index in [4.69, 9.17) is 10.5 Å². The minimum Gasteiger partial charge on any atom is -0.490 e. The molecule has 1 fully saturated rings. The Bertz CT molecular complexity index is 309. The van der Waals surface area contributed by atoms with Gasteiger partial charge in [0.05, 0.1) is 0 Å². The van der Waals surface area contributed by atoms with Gasteiger partial charge in [0.1, 0.15) is 11.9 Å². The molecule has 14 heavy (non-hydrogen) atoms. The van der Waals surface area contributed by atoms with Crippen LogP contribution in [0.25, 0.3) is 0 Å². The van der Waals surface area contributed by atoms with Crippen molar-refractivity contribution in [1.82, 2.24) is 0 Å². The molecule has 0 saturated heterocycles. The molecule has 2 rings (SSSR count). The van der Waals surface area contributed by atoms with Crippen LogP contribution in [0.1, 0.15) is 24.0 Å². The fourth-order valence-electron chi connectivity index (χ4n) is 1.90. The molecule has 1 saturated carbocycles. The third-order valence-corrected chi connectivity index (χ3v) is 2.63. The molecule has 0 bridgehead atoms. The Hall–Kier alpha value is -1.02. The van der Waals surface area contributed by atoms with E-state index in [-0.39, 0.29) is 0 Å². The predicted molar refractivity (Wildman–Crippen MR) is 57.5 cm³/mol. The van der Waals surface area contributed by atoms with Crippen LogP contribution in [-0.4, -0.2) is 12.1 Å². The van der Waals surface area contributed by atoms with Crippen molar-refractivity contribution in [1.29, 1.82) is 0 Å². The minimum absolute atomic E-state index is 0.339. The lowest BCUT2D eigenvalue weighted by Crippen LogP contribution is -2.43. The van der Waals surface area contributed by atoms with Crippen LogP contribution in [0, 0.1) is 13.8 Å². The van der Waals surface area contributed by atoms with Crippen LogP contribution in [-0.2, 0) is 0 Å². The summed E-state index contributed by atoms with van der Waals surface area (Å²) < 4.78 is 5.80. The van der Waals surface area contributed by atoms with Crippen LogP contribution >= 0.6 is 0 Å². The molecule has 76 valence electrons. The summed E-state index contributed by atoms with van der Waals surface area (Å²) >= 11 is 0. The van der Waals surface area contributed by atoms with Crippen LogP contribution in [0.4, 0.5) is 0 Å². The second kappa shape index (κ2) is 3.62. The van der Waals surface area contributed by atoms with E-state index < -0.39 is 0 Å². The Morgan fingerprint density at radius 3 is 2.21 bits per heavy atom. The lowest BCUT2D eigenvalue weighted by molar-refractivity contribution is 0.101. The number of rotatable bonds is 2. The quantitative estimate of drug-likeness (QED) is 0.777. The molecule has 1 aromatic carbocycles. The van der Waals surface area contributed by atoms with Gasteiger partial charge in [-0.3, -0.25) is 0 Å². The zero-order valence-electron chi connectivity index (χ0n) is 8.79. The van der Waals surface area contributed by atoms with Gasteiger partial charge < -0.3 is 10.5 Å². The molecule has 1 aromatic rings. The molecule has 1 aliphatic carbocycles. The Kier molecular flexibility index (Phi) is 2.46. The highest BCUT2D eigenvalue weighted by molar-refractivity contribution is 5.33. The van der Waals surface area contributed by atoms with Crippen LogP contribution in [0.5, 0.6) is 5.75 Å². The first-order valence-corrected chi connectivity index (χ1v) is 5.14. The average molecular weight is 191 g/mol. The Labute approximate surface area is 85.1 Å². The van der Waals surface area contributed by atoms with Crippen molar-refractivity contribution < 1.29 is 4.74 Å². The predicted octanol–water partition coefficient (Wildman–Crippen LogP) is 2.17. The maximum Gasteiger partial charge on any atom is 0.120 e. The first-order valence-electron chi connectivity index (χ1n) is 5.14. The van der Waals surface area contributed by atoms with Crippen molar-refractivity contribution in [3.8, 4) is 5.75 Å². The molecule has 0 atom stereocenters. The SMILES string of the molecule is Cc1cc(C)cc(OC2CC(N)C2)c1. The molecule has 2 nitrogen and oxygen atoms in total. The van der Waals surface area contributed by atoms with Gasteiger partial charge in [0.25, 0.3) is 0 Å². The van der Waals surface area contributed by atoms with Gasteiger partial charge in [0.2, 0.25) is 0 Å². The normalized spacial score (nSPS) is 25.6. The van der Waals surface area contributed by atoms with Crippen molar-refractivity contribution in [2.45, 2.75) is 38.8 Å². The fraction of sp³-hybridized carbons (Fsp3) is 0.500. The van der Waals surface area contributed by atoms with Gasteiger partial charge in [-0.2, -0.15) is 0 Å². The van der Waals surface area contributed by atoms with E-state index in [0.29, 0.717) is 12.1 Å². The standard InChI is InChI=1S/C12H17NO/c1-8-3-9(2)5-11(4-8)14-12-6-10(13)7-12/h3-5,10,12H,6-7,13H2,1-2H3. The fourth-order valence-corrected chi connectivity index (χ4v) is 1.90. The zero-order chi connectivity index (χ0) is 10.1. The summed E-state index contributed by atoms with van der Waals surface area (Å²) in [5.74, 6) is 0.986. The molecular weight excluding hydrogens is 174 g/mol. The third kappa shape index (κ3) is 2.07. The monoisotopic (exact) mass is 191 g/mol. The second-order valence-electron chi connectivity index (χ2n) is 4.29. The van der Waals surface area contributed by atoms with Crippen molar-refractivity contribution in [2.75, 3.05) is 0 Å². The highest BCUT2D eigenvalue weighted by Crippen LogP contribution is 2.25. The number of hydrogen-bond donors (Lipinski definition) is 1.